The van der Waals surface area contributed by atoms with Crippen LogP contribution in [0.4, 0.5) is 0 Å². The molecule has 16 heavy (non-hydrogen) atoms. The fraction of sp³-hybridized carbons (Fsp3) is 0.444. The van der Waals surface area contributed by atoms with E-state index < -0.39 is 10.0 Å². The second kappa shape index (κ2) is 6.29. The van der Waals surface area contributed by atoms with Gasteiger partial charge in [-0.1, -0.05) is 15.9 Å². The molecular weight excluding hydrogens is 296 g/mol. The Bertz CT molecular complexity index is 410. The minimum absolute atomic E-state index is 0.150. The molecule has 0 aliphatic carbocycles. The van der Waals surface area contributed by atoms with E-state index in [4.69, 9.17) is 4.74 Å². The number of pyridine rings is 1. The fourth-order valence-electron chi connectivity index (χ4n) is 1.10. The van der Waals surface area contributed by atoms with Crippen molar-refractivity contribution in [1.82, 2.24) is 9.71 Å². The van der Waals surface area contributed by atoms with E-state index in [1.54, 1.807) is 6.07 Å². The minimum atomic E-state index is -3.52. The molecule has 90 valence electrons. The first-order valence-corrected chi connectivity index (χ1v) is 7.18. The molecule has 0 aliphatic rings. The summed E-state index contributed by atoms with van der Waals surface area (Å²) in [6.45, 7) is 0.310. The molecule has 5 nitrogen and oxygen atoms in total. The number of alkyl halides is 1. The molecule has 7 heteroatoms. The van der Waals surface area contributed by atoms with Crippen LogP contribution in [0.15, 0.2) is 29.4 Å². The molecule has 0 saturated carbocycles. The summed E-state index contributed by atoms with van der Waals surface area (Å²) in [5, 5.41) is 0.486. The second-order valence-corrected chi connectivity index (χ2v) is 5.48. The van der Waals surface area contributed by atoms with Crippen molar-refractivity contribution >= 4 is 26.0 Å². The molecule has 0 amide bonds. The molecule has 0 aliphatic heterocycles. The molecule has 1 rings (SSSR count). The van der Waals surface area contributed by atoms with Gasteiger partial charge in [0.15, 0.2) is 0 Å². The summed E-state index contributed by atoms with van der Waals surface area (Å²) in [5.74, 6) is 0. The highest BCUT2D eigenvalue weighted by Crippen LogP contribution is 2.07. The average molecular weight is 309 g/mol. The van der Waals surface area contributed by atoms with Crippen molar-refractivity contribution in [3.8, 4) is 0 Å². The molecule has 1 aromatic heterocycles. The Kier molecular flexibility index (Phi) is 5.33. The van der Waals surface area contributed by atoms with E-state index in [1.165, 1.54) is 25.6 Å². The van der Waals surface area contributed by atoms with Gasteiger partial charge in [0, 0.05) is 24.8 Å². The molecule has 0 spiro atoms. The first kappa shape index (κ1) is 13.6. The zero-order chi connectivity index (χ0) is 12.0. The third-order valence-corrected chi connectivity index (χ3v) is 4.11. The average Bonchev–Trinajstić information content (AvgIpc) is 2.29. The van der Waals surface area contributed by atoms with Crippen molar-refractivity contribution in [3.63, 3.8) is 0 Å². The van der Waals surface area contributed by atoms with Gasteiger partial charge in [0.1, 0.15) is 4.90 Å². The zero-order valence-electron chi connectivity index (χ0n) is 8.76. The van der Waals surface area contributed by atoms with E-state index >= 15 is 0 Å². The van der Waals surface area contributed by atoms with Gasteiger partial charge < -0.3 is 4.74 Å². The first-order chi connectivity index (χ1) is 7.60. The Morgan fingerprint density at radius 1 is 1.62 bits per heavy atom. The van der Waals surface area contributed by atoms with Gasteiger partial charge in [-0.25, -0.2) is 13.1 Å². The number of nitrogens with zero attached hydrogens (tertiary/aromatic N) is 1. The van der Waals surface area contributed by atoms with Gasteiger partial charge in [-0.15, -0.1) is 0 Å². The summed E-state index contributed by atoms with van der Waals surface area (Å²) in [6, 6.07) is 2.77. The van der Waals surface area contributed by atoms with E-state index in [0.717, 1.165) is 0 Å². The highest BCUT2D eigenvalue weighted by Gasteiger charge is 2.19. The predicted octanol–water partition coefficient (Wildman–Crippen LogP) is 0.770. The van der Waals surface area contributed by atoms with Crippen molar-refractivity contribution in [2.45, 2.75) is 10.9 Å². The monoisotopic (exact) mass is 308 g/mol. The lowest BCUT2D eigenvalue weighted by molar-refractivity contribution is 0.182. The van der Waals surface area contributed by atoms with Gasteiger partial charge in [-0.05, 0) is 12.1 Å². The normalized spacial score (nSPS) is 13.6. The summed E-state index contributed by atoms with van der Waals surface area (Å²) < 4.78 is 31.1. The van der Waals surface area contributed by atoms with Crippen LogP contribution in [0, 0.1) is 0 Å². The molecule has 1 unspecified atom stereocenters. The van der Waals surface area contributed by atoms with E-state index in [-0.39, 0.29) is 10.9 Å². The maximum absolute atomic E-state index is 11.8. The topological polar surface area (TPSA) is 68.3 Å². The number of ether oxygens (including phenoxy) is 1. The van der Waals surface area contributed by atoms with Crippen LogP contribution < -0.4 is 4.72 Å². The Hall–Kier alpha value is -0.500. The van der Waals surface area contributed by atoms with Crippen LogP contribution in [0.3, 0.4) is 0 Å². The van der Waals surface area contributed by atoms with Crippen molar-refractivity contribution < 1.29 is 13.2 Å². The highest BCUT2D eigenvalue weighted by molar-refractivity contribution is 9.09. The van der Waals surface area contributed by atoms with Gasteiger partial charge >= 0.3 is 0 Å². The Balaban J connectivity index is 2.79. The lowest BCUT2D eigenvalue weighted by atomic mass is 10.4. The number of sulfonamides is 1. The maximum Gasteiger partial charge on any atom is 0.242 e. The lowest BCUT2D eigenvalue weighted by Gasteiger charge is -2.14. The summed E-state index contributed by atoms with van der Waals surface area (Å²) in [5.41, 5.74) is 0. The number of nitrogens with one attached hydrogen (secondary N) is 1. The maximum atomic E-state index is 11.8. The lowest BCUT2D eigenvalue weighted by Crippen LogP contribution is -2.39. The number of aromatic nitrogens is 1. The number of methoxy groups -OCH3 is 1. The molecule has 1 atom stereocenters. The highest BCUT2D eigenvalue weighted by atomic mass is 79.9. The van der Waals surface area contributed by atoms with Crippen molar-refractivity contribution in [2.75, 3.05) is 19.0 Å². The van der Waals surface area contributed by atoms with Gasteiger partial charge in [0.05, 0.1) is 12.6 Å². The molecule has 1 heterocycles. The quantitative estimate of drug-likeness (QED) is 0.788. The molecule has 1 aromatic rings. The van der Waals surface area contributed by atoms with Crippen LogP contribution in [0.5, 0.6) is 0 Å². The summed E-state index contributed by atoms with van der Waals surface area (Å²) in [7, 11) is -1.99. The van der Waals surface area contributed by atoms with Crippen LogP contribution in [-0.4, -0.2) is 38.5 Å². The van der Waals surface area contributed by atoms with E-state index in [2.05, 4.69) is 25.6 Å². The van der Waals surface area contributed by atoms with Gasteiger partial charge in [-0.2, -0.15) is 0 Å². The van der Waals surface area contributed by atoms with Crippen LogP contribution in [0.25, 0.3) is 0 Å². The van der Waals surface area contributed by atoms with Crippen molar-refractivity contribution in [2.24, 2.45) is 0 Å². The minimum Gasteiger partial charge on any atom is -0.383 e. The SMILES string of the molecule is COCC(CBr)NS(=O)(=O)c1cccnc1. The summed E-state index contributed by atoms with van der Waals surface area (Å²) in [4.78, 5) is 3.92. The molecule has 0 bridgehead atoms. The standard InChI is InChI=1S/C9H13BrN2O3S/c1-15-7-8(5-10)12-16(13,14)9-3-2-4-11-6-9/h2-4,6,8,12H,5,7H2,1H3. The molecule has 0 radical (unpaired) electrons. The second-order valence-electron chi connectivity index (χ2n) is 3.12. The van der Waals surface area contributed by atoms with Gasteiger partial charge in [-0.3, -0.25) is 4.98 Å². The first-order valence-electron chi connectivity index (χ1n) is 4.57. The van der Waals surface area contributed by atoms with Crippen LogP contribution in [-0.2, 0) is 14.8 Å². The predicted molar refractivity (Wildman–Crippen MR) is 64.0 cm³/mol. The Labute approximate surface area is 103 Å². The van der Waals surface area contributed by atoms with Gasteiger partial charge in [0.2, 0.25) is 10.0 Å². The third kappa shape index (κ3) is 3.82. The third-order valence-electron chi connectivity index (χ3n) is 1.82. The molecule has 0 saturated heterocycles. The van der Waals surface area contributed by atoms with E-state index in [0.29, 0.717) is 11.9 Å². The van der Waals surface area contributed by atoms with Gasteiger partial charge in [0.25, 0.3) is 0 Å². The smallest absolute Gasteiger partial charge is 0.242 e. The number of hydrogen-bond donors (Lipinski definition) is 1. The summed E-state index contributed by atoms with van der Waals surface area (Å²) in [6.07, 6.45) is 2.83. The number of rotatable bonds is 6. The molecule has 0 aromatic carbocycles. The van der Waals surface area contributed by atoms with Crippen LogP contribution in [0.2, 0.25) is 0 Å². The molecule has 1 N–H and O–H groups in total. The Morgan fingerprint density at radius 3 is 2.88 bits per heavy atom. The van der Waals surface area contributed by atoms with Crippen molar-refractivity contribution in [3.05, 3.63) is 24.5 Å². The fourth-order valence-corrected chi connectivity index (χ4v) is 2.85. The molecular formula is C9H13BrN2O3S. The molecule has 0 fully saturated rings. The van der Waals surface area contributed by atoms with Crippen LogP contribution in [0.1, 0.15) is 0 Å². The number of hydrogen-bond acceptors (Lipinski definition) is 4. The van der Waals surface area contributed by atoms with Crippen LogP contribution >= 0.6 is 15.9 Å². The Morgan fingerprint density at radius 2 is 2.38 bits per heavy atom. The largest absolute Gasteiger partial charge is 0.383 e. The van der Waals surface area contributed by atoms with Crippen molar-refractivity contribution in [1.29, 1.82) is 0 Å². The summed E-state index contributed by atoms with van der Waals surface area (Å²) >= 11 is 3.22. The zero-order valence-corrected chi connectivity index (χ0v) is 11.2. The van der Waals surface area contributed by atoms with E-state index in [9.17, 15) is 8.42 Å². The van der Waals surface area contributed by atoms with E-state index in [1.807, 2.05) is 0 Å². The number of halogens is 1.